The Morgan fingerprint density at radius 3 is 3.00 bits per heavy atom. The van der Waals surface area contributed by atoms with Crippen molar-refractivity contribution < 1.29 is 4.79 Å². The third kappa shape index (κ3) is 2.28. The number of pyridine rings is 1. The number of rotatable bonds is 4. The lowest BCUT2D eigenvalue weighted by Gasteiger charge is -2.05. The van der Waals surface area contributed by atoms with Gasteiger partial charge < -0.3 is 5.32 Å². The van der Waals surface area contributed by atoms with E-state index in [1.807, 2.05) is 6.92 Å². The van der Waals surface area contributed by atoms with Crippen LogP contribution in [0.1, 0.15) is 30.1 Å². The Morgan fingerprint density at radius 2 is 2.38 bits per heavy atom. The zero-order valence-corrected chi connectivity index (χ0v) is 8.00. The average Bonchev–Trinajstić information content (AvgIpc) is 2.18. The lowest BCUT2D eigenvalue weighted by molar-refractivity contribution is 0.0982. The quantitative estimate of drug-likeness (QED) is 0.718. The molecular formula is C10H14N2O. The van der Waals surface area contributed by atoms with Gasteiger partial charge in [0.15, 0.2) is 5.78 Å². The van der Waals surface area contributed by atoms with Crippen LogP contribution in [0.5, 0.6) is 0 Å². The minimum absolute atomic E-state index is 0.153. The number of hydrogen-bond acceptors (Lipinski definition) is 3. The number of carbonyl (C=O) groups excluding carboxylic acids is 1. The molecular weight excluding hydrogens is 164 g/mol. The molecule has 0 fully saturated rings. The second-order valence-electron chi connectivity index (χ2n) is 2.82. The second-order valence-corrected chi connectivity index (χ2v) is 2.82. The van der Waals surface area contributed by atoms with Crippen molar-refractivity contribution in [1.29, 1.82) is 0 Å². The van der Waals surface area contributed by atoms with Crippen LogP contribution in [0.2, 0.25) is 0 Å². The molecule has 0 aliphatic heterocycles. The van der Waals surface area contributed by atoms with E-state index in [9.17, 15) is 4.79 Å². The van der Waals surface area contributed by atoms with E-state index < -0.39 is 0 Å². The van der Waals surface area contributed by atoms with Crippen LogP contribution in [-0.4, -0.2) is 17.8 Å². The first-order chi connectivity index (χ1) is 6.29. The van der Waals surface area contributed by atoms with Crippen molar-refractivity contribution >= 4 is 11.6 Å². The van der Waals surface area contributed by atoms with E-state index in [1.165, 1.54) is 0 Å². The number of nitrogens with zero attached hydrogens (tertiary/aromatic N) is 1. The Morgan fingerprint density at radius 1 is 1.62 bits per heavy atom. The molecule has 13 heavy (non-hydrogen) atoms. The Labute approximate surface area is 78.2 Å². The third-order valence-electron chi connectivity index (χ3n) is 1.82. The van der Waals surface area contributed by atoms with Crippen molar-refractivity contribution in [3.8, 4) is 0 Å². The normalized spacial score (nSPS) is 9.69. The maximum Gasteiger partial charge on any atom is 0.166 e. The lowest BCUT2D eigenvalue weighted by atomic mass is 10.1. The molecule has 0 aliphatic rings. The Kier molecular flexibility index (Phi) is 3.43. The summed E-state index contributed by atoms with van der Waals surface area (Å²) in [6, 6.07) is 3.58. The van der Waals surface area contributed by atoms with Gasteiger partial charge in [-0.3, -0.25) is 4.79 Å². The molecule has 1 aromatic rings. The zero-order valence-electron chi connectivity index (χ0n) is 8.00. The largest absolute Gasteiger partial charge is 0.373 e. The van der Waals surface area contributed by atoms with Crippen LogP contribution in [0.25, 0.3) is 0 Å². The van der Waals surface area contributed by atoms with E-state index in [4.69, 9.17) is 0 Å². The molecule has 3 nitrogen and oxygen atoms in total. The SMILES string of the molecule is CCCC(=O)c1cccnc1NC. The van der Waals surface area contributed by atoms with Crippen LogP contribution in [0, 0.1) is 0 Å². The summed E-state index contributed by atoms with van der Waals surface area (Å²) < 4.78 is 0. The highest BCUT2D eigenvalue weighted by Crippen LogP contribution is 2.13. The molecule has 1 aromatic heterocycles. The molecule has 1 rings (SSSR count). The zero-order chi connectivity index (χ0) is 9.68. The topological polar surface area (TPSA) is 42.0 Å². The Balaban J connectivity index is 2.92. The predicted octanol–water partition coefficient (Wildman–Crippen LogP) is 2.11. The molecule has 0 saturated heterocycles. The monoisotopic (exact) mass is 178 g/mol. The van der Waals surface area contributed by atoms with Crippen LogP contribution < -0.4 is 5.32 Å². The van der Waals surface area contributed by atoms with Crippen LogP contribution in [0.4, 0.5) is 5.82 Å². The highest BCUT2D eigenvalue weighted by atomic mass is 16.1. The minimum atomic E-state index is 0.153. The first-order valence-electron chi connectivity index (χ1n) is 4.45. The van der Waals surface area contributed by atoms with E-state index >= 15 is 0 Å². The van der Waals surface area contributed by atoms with Crippen molar-refractivity contribution in [3.63, 3.8) is 0 Å². The average molecular weight is 178 g/mol. The van der Waals surface area contributed by atoms with Gasteiger partial charge in [0.2, 0.25) is 0 Å². The number of anilines is 1. The highest BCUT2D eigenvalue weighted by molar-refractivity contribution is 6.00. The number of Topliss-reactive ketones (excluding diaryl/α,β-unsaturated/α-hetero) is 1. The van der Waals surface area contributed by atoms with E-state index in [-0.39, 0.29) is 5.78 Å². The van der Waals surface area contributed by atoms with Crippen molar-refractivity contribution in [3.05, 3.63) is 23.9 Å². The van der Waals surface area contributed by atoms with Crippen LogP contribution in [0.3, 0.4) is 0 Å². The molecule has 0 amide bonds. The standard InChI is InChI=1S/C10H14N2O/c1-3-5-9(13)8-6-4-7-12-10(8)11-2/h4,6-7H,3,5H2,1-2H3,(H,11,12). The summed E-state index contributed by atoms with van der Waals surface area (Å²) in [7, 11) is 1.77. The van der Waals surface area contributed by atoms with Crippen LogP contribution in [-0.2, 0) is 0 Å². The second kappa shape index (κ2) is 4.60. The molecule has 1 N–H and O–H groups in total. The fraction of sp³-hybridized carbons (Fsp3) is 0.400. The van der Waals surface area contributed by atoms with E-state index in [0.717, 1.165) is 6.42 Å². The van der Waals surface area contributed by atoms with Gasteiger partial charge in [0, 0.05) is 19.7 Å². The summed E-state index contributed by atoms with van der Waals surface area (Å²) >= 11 is 0. The van der Waals surface area contributed by atoms with Gasteiger partial charge in [0.1, 0.15) is 5.82 Å². The van der Waals surface area contributed by atoms with Crippen molar-refractivity contribution in [1.82, 2.24) is 4.98 Å². The van der Waals surface area contributed by atoms with Gasteiger partial charge in [0.25, 0.3) is 0 Å². The Bertz CT molecular complexity index is 297. The van der Waals surface area contributed by atoms with Crippen molar-refractivity contribution in [2.45, 2.75) is 19.8 Å². The maximum atomic E-state index is 11.5. The molecule has 0 saturated carbocycles. The molecule has 70 valence electrons. The van der Waals surface area contributed by atoms with Gasteiger partial charge in [-0.05, 0) is 18.6 Å². The first-order valence-corrected chi connectivity index (χ1v) is 4.45. The Hall–Kier alpha value is -1.38. The molecule has 3 heteroatoms. The first kappa shape index (κ1) is 9.71. The maximum absolute atomic E-state index is 11.5. The lowest BCUT2D eigenvalue weighted by Crippen LogP contribution is -2.04. The van der Waals surface area contributed by atoms with E-state index in [0.29, 0.717) is 17.8 Å². The number of ketones is 1. The molecule has 1 heterocycles. The summed E-state index contributed by atoms with van der Waals surface area (Å²) in [5.74, 6) is 0.820. The van der Waals surface area contributed by atoms with Gasteiger partial charge in [-0.15, -0.1) is 0 Å². The predicted molar refractivity (Wildman–Crippen MR) is 53.0 cm³/mol. The van der Waals surface area contributed by atoms with Crippen LogP contribution >= 0.6 is 0 Å². The molecule has 0 aromatic carbocycles. The van der Waals surface area contributed by atoms with Gasteiger partial charge in [-0.1, -0.05) is 6.92 Å². The van der Waals surface area contributed by atoms with E-state index in [2.05, 4.69) is 10.3 Å². The summed E-state index contributed by atoms with van der Waals surface area (Å²) in [5, 5.41) is 2.90. The summed E-state index contributed by atoms with van der Waals surface area (Å²) in [4.78, 5) is 15.6. The van der Waals surface area contributed by atoms with Gasteiger partial charge >= 0.3 is 0 Å². The fourth-order valence-corrected chi connectivity index (χ4v) is 1.19. The minimum Gasteiger partial charge on any atom is -0.373 e. The summed E-state index contributed by atoms with van der Waals surface area (Å²) in [6.45, 7) is 1.99. The summed E-state index contributed by atoms with van der Waals surface area (Å²) in [5.41, 5.74) is 0.687. The number of aromatic nitrogens is 1. The van der Waals surface area contributed by atoms with Gasteiger partial charge in [0.05, 0.1) is 5.56 Å². The highest BCUT2D eigenvalue weighted by Gasteiger charge is 2.09. The van der Waals surface area contributed by atoms with Crippen molar-refractivity contribution in [2.75, 3.05) is 12.4 Å². The fourth-order valence-electron chi connectivity index (χ4n) is 1.19. The number of hydrogen-bond donors (Lipinski definition) is 1. The molecule has 0 bridgehead atoms. The molecule has 0 spiro atoms. The molecule has 0 atom stereocenters. The molecule has 0 radical (unpaired) electrons. The number of carbonyl (C=O) groups is 1. The smallest absolute Gasteiger partial charge is 0.166 e. The van der Waals surface area contributed by atoms with Crippen LogP contribution in [0.15, 0.2) is 18.3 Å². The third-order valence-corrected chi connectivity index (χ3v) is 1.82. The van der Waals surface area contributed by atoms with Gasteiger partial charge in [-0.2, -0.15) is 0 Å². The molecule has 0 unspecified atom stereocenters. The van der Waals surface area contributed by atoms with E-state index in [1.54, 1.807) is 25.4 Å². The van der Waals surface area contributed by atoms with Crippen molar-refractivity contribution in [2.24, 2.45) is 0 Å². The number of nitrogens with one attached hydrogen (secondary N) is 1. The van der Waals surface area contributed by atoms with Gasteiger partial charge in [-0.25, -0.2) is 4.98 Å². The molecule has 0 aliphatic carbocycles. The summed E-state index contributed by atoms with van der Waals surface area (Å²) in [6.07, 6.45) is 3.13.